The fourth-order valence-electron chi connectivity index (χ4n) is 9.35. The fourth-order valence-corrected chi connectivity index (χ4v) is 9.35. The van der Waals surface area contributed by atoms with Gasteiger partial charge in [-0.1, -0.05) is 52.2 Å². The van der Waals surface area contributed by atoms with Gasteiger partial charge in [-0.15, -0.1) is 0 Å². The molecule has 42 heavy (non-hydrogen) atoms. The monoisotopic (exact) mass is 589 g/mol. The normalized spacial score (nSPS) is 35.6. The number of hydrogen-bond donors (Lipinski definition) is 6. The summed E-state index contributed by atoms with van der Waals surface area (Å²) in [5.74, 6) is 2.99. The molecule has 4 aliphatic rings. The lowest BCUT2D eigenvalue weighted by Gasteiger charge is -2.58. The fraction of sp³-hybridized carbons (Fsp3) is 0.848. The average molecular weight is 590 g/mol. The van der Waals surface area contributed by atoms with E-state index >= 15 is 0 Å². The van der Waals surface area contributed by atoms with Crippen molar-refractivity contribution in [2.45, 2.75) is 123 Å². The van der Waals surface area contributed by atoms with Crippen molar-refractivity contribution in [3.05, 3.63) is 11.6 Å². The molecule has 0 aliphatic heterocycles. The highest BCUT2D eigenvalue weighted by Crippen LogP contribution is 2.67. The number of amides is 1. The number of carbonyl (C=O) groups excluding carboxylic acids is 1. The number of hydrogen-bond acceptors (Lipinski definition) is 5. The predicted octanol–water partition coefficient (Wildman–Crippen LogP) is 4.31. The first kappa shape index (κ1) is 34.4. The van der Waals surface area contributed by atoms with E-state index in [1.165, 1.54) is 44.9 Å². The number of aliphatic carboxylic acids is 1. The molecule has 0 bridgehead atoms. The molecule has 0 saturated heterocycles. The van der Waals surface area contributed by atoms with Gasteiger partial charge in [-0.05, 0) is 111 Å². The van der Waals surface area contributed by atoms with Gasteiger partial charge in [0.05, 0.1) is 6.10 Å². The van der Waals surface area contributed by atoms with E-state index in [9.17, 15) is 14.7 Å². The number of primary amides is 1. The molecule has 240 valence electrons. The zero-order valence-corrected chi connectivity index (χ0v) is 26.6. The third-order valence-corrected chi connectivity index (χ3v) is 11.9. The third-order valence-electron chi connectivity index (χ3n) is 11.9. The topological polar surface area (TPSA) is 191 Å². The number of carboxylic acids is 1. The summed E-state index contributed by atoms with van der Waals surface area (Å²) < 4.78 is 0. The van der Waals surface area contributed by atoms with Gasteiger partial charge in [0, 0.05) is 12.5 Å². The second kappa shape index (κ2) is 14.6. The summed E-state index contributed by atoms with van der Waals surface area (Å²) >= 11 is 0. The quantitative estimate of drug-likeness (QED) is 0.0895. The number of aliphatic imine (C=N–C) groups is 1. The lowest BCUT2D eigenvalue weighted by Crippen LogP contribution is -2.50. The molecule has 1 amide bonds. The zero-order valence-electron chi connectivity index (χ0n) is 26.6. The van der Waals surface area contributed by atoms with Crippen LogP contribution in [0.3, 0.4) is 0 Å². The Labute approximate surface area is 253 Å². The summed E-state index contributed by atoms with van der Waals surface area (Å²) in [7, 11) is 0. The Morgan fingerprint density at radius 1 is 1.00 bits per heavy atom. The van der Waals surface area contributed by atoms with E-state index in [-0.39, 0.29) is 23.9 Å². The van der Waals surface area contributed by atoms with E-state index in [2.05, 4.69) is 31.8 Å². The number of allylic oxidation sites excluding steroid dienone is 1. The summed E-state index contributed by atoms with van der Waals surface area (Å²) in [5, 5.41) is 18.6. The molecule has 0 heterocycles. The zero-order chi connectivity index (χ0) is 31.2. The SMILES string of the molecule is CC(CCC[C@@H](C)[C@H]1CCC2C3CC=C4CC(O)CC[C@]4(C)C3CC[C@@]21C)C(N)=O.NC(N)=NCCC[C@H](N)C(=O)O. The molecule has 0 spiro atoms. The van der Waals surface area contributed by atoms with Crippen LogP contribution in [0.1, 0.15) is 111 Å². The molecule has 9 nitrogen and oxygen atoms in total. The minimum Gasteiger partial charge on any atom is -0.480 e. The third kappa shape index (κ3) is 7.87. The van der Waals surface area contributed by atoms with Crippen LogP contribution >= 0.6 is 0 Å². The number of guanidine groups is 1. The molecule has 4 rings (SSSR count). The lowest BCUT2D eigenvalue weighted by molar-refractivity contribution is -0.138. The van der Waals surface area contributed by atoms with Crippen LogP contribution in [-0.2, 0) is 9.59 Å². The molecule has 10 atom stereocenters. The second-order valence-electron chi connectivity index (χ2n) is 14.5. The van der Waals surface area contributed by atoms with Crippen LogP contribution in [0, 0.1) is 46.3 Å². The van der Waals surface area contributed by atoms with Gasteiger partial charge in [0.1, 0.15) is 6.04 Å². The van der Waals surface area contributed by atoms with Gasteiger partial charge in [-0.25, -0.2) is 0 Å². The Hall–Kier alpha value is -2.13. The number of aliphatic hydroxyl groups is 1. The number of carboxylic acid groups (broad SMARTS) is 1. The van der Waals surface area contributed by atoms with Crippen molar-refractivity contribution in [2.75, 3.05) is 6.54 Å². The van der Waals surface area contributed by atoms with Crippen molar-refractivity contribution in [3.8, 4) is 0 Å². The van der Waals surface area contributed by atoms with E-state index in [1.54, 1.807) is 5.57 Å². The standard InChI is InChI=1S/C27H45NO2.C6H14N4O2/c1-17(6-5-7-18(2)25(28)30)22-10-11-23-21-9-8-19-16-20(29)12-14-26(19,3)24(21)13-15-27(22,23)4;7-4(5(11)12)2-1-3-10-6(8)9/h8,17-18,20-24,29H,5-7,9-16H2,1-4H3,(H2,28,30);4H,1-3,7H2,(H,11,12)(H4,8,9,10)/t17-,18?,20?,21?,22-,23?,24?,26+,27-;4-/m10/s1. The van der Waals surface area contributed by atoms with Crippen molar-refractivity contribution in [2.24, 2.45) is 74.3 Å². The number of rotatable bonds is 11. The summed E-state index contributed by atoms with van der Waals surface area (Å²) in [6.45, 7) is 10.0. The molecule has 5 unspecified atom stereocenters. The van der Waals surface area contributed by atoms with Crippen molar-refractivity contribution >= 4 is 17.8 Å². The van der Waals surface area contributed by atoms with E-state index in [4.69, 9.17) is 28.0 Å². The summed E-state index contributed by atoms with van der Waals surface area (Å²) in [6, 6.07) is -0.820. The summed E-state index contributed by atoms with van der Waals surface area (Å²) in [4.78, 5) is 25.2. The Morgan fingerprint density at radius 2 is 1.71 bits per heavy atom. The first-order valence-corrected chi connectivity index (χ1v) is 16.4. The number of carbonyl (C=O) groups is 2. The number of fused-ring (bicyclic) bond motifs is 5. The molecule has 10 N–H and O–H groups in total. The van der Waals surface area contributed by atoms with Crippen molar-refractivity contribution in [1.82, 2.24) is 0 Å². The van der Waals surface area contributed by atoms with Crippen LogP contribution in [0.25, 0.3) is 0 Å². The smallest absolute Gasteiger partial charge is 0.320 e. The highest BCUT2D eigenvalue weighted by Gasteiger charge is 2.59. The molecule has 0 radical (unpaired) electrons. The number of nitrogens with two attached hydrogens (primary N) is 4. The number of aliphatic hydroxyl groups excluding tert-OH is 1. The molecule has 0 aromatic rings. The second-order valence-corrected chi connectivity index (χ2v) is 14.5. The Bertz CT molecular complexity index is 997. The van der Waals surface area contributed by atoms with Crippen molar-refractivity contribution < 1.29 is 19.8 Å². The lowest BCUT2D eigenvalue weighted by atomic mass is 9.47. The molecule has 0 aromatic carbocycles. The van der Waals surface area contributed by atoms with Crippen LogP contribution < -0.4 is 22.9 Å². The maximum atomic E-state index is 11.4. The van der Waals surface area contributed by atoms with Crippen LogP contribution in [0.2, 0.25) is 0 Å². The maximum absolute atomic E-state index is 11.4. The van der Waals surface area contributed by atoms with Gasteiger partial charge in [0.25, 0.3) is 0 Å². The summed E-state index contributed by atoms with van der Waals surface area (Å²) in [5.41, 5.74) is 23.2. The largest absolute Gasteiger partial charge is 0.480 e. The van der Waals surface area contributed by atoms with Gasteiger partial charge in [-0.2, -0.15) is 0 Å². The average Bonchev–Trinajstić information content (AvgIpc) is 3.28. The predicted molar refractivity (Wildman–Crippen MR) is 168 cm³/mol. The molecular formula is C33H59N5O4. The minimum atomic E-state index is -1.00. The van der Waals surface area contributed by atoms with Crippen molar-refractivity contribution in [1.29, 1.82) is 0 Å². The Kier molecular flexibility index (Phi) is 11.9. The first-order chi connectivity index (χ1) is 19.7. The molecule has 9 heteroatoms. The number of nitrogens with zero attached hydrogens (tertiary/aromatic N) is 1. The summed E-state index contributed by atoms with van der Waals surface area (Å²) in [6.07, 6.45) is 16.6. The molecule has 0 aromatic heterocycles. The Balaban J connectivity index is 0.000000343. The van der Waals surface area contributed by atoms with Crippen molar-refractivity contribution in [3.63, 3.8) is 0 Å². The van der Waals surface area contributed by atoms with Gasteiger partial charge in [0.2, 0.25) is 5.91 Å². The first-order valence-electron chi connectivity index (χ1n) is 16.4. The van der Waals surface area contributed by atoms with Gasteiger partial charge < -0.3 is 33.1 Å². The van der Waals surface area contributed by atoms with E-state index < -0.39 is 12.0 Å². The van der Waals surface area contributed by atoms with E-state index in [1.807, 2.05) is 6.92 Å². The molecule has 3 saturated carbocycles. The van der Waals surface area contributed by atoms with Crippen LogP contribution in [0.5, 0.6) is 0 Å². The Morgan fingerprint density at radius 3 is 2.36 bits per heavy atom. The maximum Gasteiger partial charge on any atom is 0.320 e. The van der Waals surface area contributed by atoms with E-state index in [0.717, 1.165) is 55.3 Å². The highest BCUT2D eigenvalue weighted by atomic mass is 16.4. The van der Waals surface area contributed by atoms with Gasteiger partial charge in [-0.3, -0.25) is 14.6 Å². The van der Waals surface area contributed by atoms with Crippen LogP contribution in [0.4, 0.5) is 0 Å². The van der Waals surface area contributed by atoms with E-state index in [0.29, 0.717) is 30.2 Å². The minimum absolute atomic E-state index is 0.0116. The molecular weight excluding hydrogens is 530 g/mol. The van der Waals surface area contributed by atoms with Crippen LogP contribution in [0.15, 0.2) is 16.6 Å². The van der Waals surface area contributed by atoms with Crippen LogP contribution in [-0.4, -0.2) is 46.7 Å². The van der Waals surface area contributed by atoms with Gasteiger partial charge >= 0.3 is 5.97 Å². The molecule has 4 aliphatic carbocycles. The van der Waals surface area contributed by atoms with Gasteiger partial charge in [0.15, 0.2) is 5.96 Å². The highest BCUT2D eigenvalue weighted by molar-refractivity contribution is 5.76. The molecule has 3 fully saturated rings.